The lowest BCUT2D eigenvalue weighted by Gasteiger charge is -2.38. The number of hydrogen-bond donors (Lipinski definition) is 1. The van der Waals surface area contributed by atoms with Crippen LogP contribution >= 0.6 is 0 Å². The van der Waals surface area contributed by atoms with Crippen LogP contribution in [0.5, 0.6) is 0 Å². The molecule has 1 aliphatic heterocycles. The first-order valence-electron chi connectivity index (χ1n) is 7.57. The Bertz CT molecular complexity index is 508. The number of carbonyl (C=O) groups excluding carboxylic acids is 1. The Morgan fingerprint density at radius 3 is 2.62 bits per heavy atom. The van der Waals surface area contributed by atoms with Gasteiger partial charge in [-0.15, -0.1) is 0 Å². The van der Waals surface area contributed by atoms with Gasteiger partial charge in [0.1, 0.15) is 5.60 Å². The second-order valence-corrected chi connectivity index (χ2v) is 6.84. The SMILES string of the molecule is Cc1ccccc1[C@H]1CN(C(=O)OC(C)(C)C)CC[C@@H]1N. The minimum atomic E-state index is -0.463. The Balaban J connectivity index is 2.13. The third kappa shape index (κ3) is 3.97. The highest BCUT2D eigenvalue weighted by molar-refractivity contribution is 5.68. The summed E-state index contributed by atoms with van der Waals surface area (Å²) in [6.07, 6.45) is 0.561. The third-order valence-electron chi connectivity index (χ3n) is 3.91. The number of nitrogens with zero attached hydrogens (tertiary/aromatic N) is 1. The van der Waals surface area contributed by atoms with Gasteiger partial charge >= 0.3 is 6.09 Å². The van der Waals surface area contributed by atoms with E-state index in [1.807, 2.05) is 32.9 Å². The molecule has 0 spiro atoms. The minimum Gasteiger partial charge on any atom is -0.444 e. The maximum atomic E-state index is 12.2. The van der Waals surface area contributed by atoms with E-state index in [1.54, 1.807) is 4.90 Å². The van der Waals surface area contributed by atoms with Crippen molar-refractivity contribution in [2.45, 2.75) is 51.7 Å². The average Bonchev–Trinajstić information content (AvgIpc) is 2.38. The summed E-state index contributed by atoms with van der Waals surface area (Å²) in [5.74, 6) is 0.174. The summed E-state index contributed by atoms with van der Waals surface area (Å²) in [6, 6.07) is 8.34. The van der Waals surface area contributed by atoms with E-state index in [0.29, 0.717) is 13.1 Å². The van der Waals surface area contributed by atoms with Crippen molar-refractivity contribution in [2.24, 2.45) is 5.73 Å². The maximum Gasteiger partial charge on any atom is 0.410 e. The number of aryl methyl sites for hydroxylation is 1. The molecule has 1 amide bonds. The number of rotatable bonds is 1. The molecule has 2 rings (SSSR count). The molecule has 0 radical (unpaired) electrons. The van der Waals surface area contributed by atoms with Crippen molar-refractivity contribution >= 4 is 6.09 Å². The molecule has 0 unspecified atom stereocenters. The molecule has 0 aliphatic carbocycles. The molecule has 0 bridgehead atoms. The lowest BCUT2D eigenvalue weighted by molar-refractivity contribution is 0.0186. The van der Waals surface area contributed by atoms with E-state index < -0.39 is 5.60 Å². The first kappa shape index (κ1) is 15.8. The molecular weight excluding hydrogens is 264 g/mol. The maximum absolute atomic E-state index is 12.2. The van der Waals surface area contributed by atoms with E-state index in [2.05, 4.69) is 19.1 Å². The molecule has 1 aromatic carbocycles. The number of amides is 1. The van der Waals surface area contributed by atoms with Crippen molar-refractivity contribution in [3.05, 3.63) is 35.4 Å². The quantitative estimate of drug-likeness (QED) is 0.865. The summed E-state index contributed by atoms with van der Waals surface area (Å²) in [6.45, 7) is 9.05. The van der Waals surface area contributed by atoms with E-state index in [4.69, 9.17) is 10.5 Å². The predicted molar refractivity (Wildman–Crippen MR) is 84.3 cm³/mol. The van der Waals surface area contributed by atoms with Crippen molar-refractivity contribution in [2.75, 3.05) is 13.1 Å². The number of hydrogen-bond acceptors (Lipinski definition) is 3. The molecule has 116 valence electrons. The zero-order valence-corrected chi connectivity index (χ0v) is 13.4. The van der Waals surface area contributed by atoms with Crippen molar-refractivity contribution in [3.8, 4) is 0 Å². The lowest BCUT2D eigenvalue weighted by Crippen LogP contribution is -2.49. The van der Waals surface area contributed by atoms with E-state index in [9.17, 15) is 4.79 Å². The van der Waals surface area contributed by atoms with Crippen LogP contribution in [0.2, 0.25) is 0 Å². The molecule has 1 saturated heterocycles. The van der Waals surface area contributed by atoms with Gasteiger partial charge in [0, 0.05) is 25.0 Å². The van der Waals surface area contributed by atoms with Gasteiger partial charge in [-0.1, -0.05) is 24.3 Å². The molecule has 2 N–H and O–H groups in total. The largest absolute Gasteiger partial charge is 0.444 e. The Kier molecular flexibility index (Phi) is 4.57. The first-order valence-corrected chi connectivity index (χ1v) is 7.57. The normalized spacial score (nSPS) is 23.0. The fourth-order valence-corrected chi connectivity index (χ4v) is 2.79. The molecule has 21 heavy (non-hydrogen) atoms. The van der Waals surface area contributed by atoms with Crippen LogP contribution in [0.25, 0.3) is 0 Å². The molecule has 2 atom stereocenters. The summed E-state index contributed by atoms with van der Waals surface area (Å²) in [5, 5.41) is 0. The average molecular weight is 290 g/mol. The van der Waals surface area contributed by atoms with Crippen LogP contribution in [0.4, 0.5) is 4.79 Å². The lowest BCUT2D eigenvalue weighted by atomic mass is 9.84. The molecule has 0 saturated carbocycles. The Hall–Kier alpha value is -1.55. The van der Waals surface area contributed by atoms with Gasteiger partial charge in [0.2, 0.25) is 0 Å². The topological polar surface area (TPSA) is 55.6 Å². The monoisotopic (exact) mass is 290 g/mol. The van der Waals surface area contributed by atoms with Gasteiger partial charge in [0.05, 0.1) is 0 Å². The van der Waals surface area contributed by atoms with Crippen molar-refractivity contribution < 1.29 is 9.53 Å². The molecule has 0 aromatic heterocycles. The molecular formula is C17H26N2O2. The highest BCUT2D eigenvalue weighted by Gasteiger charge is 2.33. The minimum absolute atomic E-state index is 0.0878. The number of benzene rings is 1. The Morgan fingerprint density at radius 2 is 2.00 bits per heavy atom. The number of piperidine rings is 1. The summed E-state index contributed by atoms with van der Waals surface area (Å²) < 4.78 is 5.47. The number of likely N-dealkylation sites (tertiary alicyclic amines) is 1. The van der Waals surface area contributed by atoms with E-state index in [-0.39, 0.29) is 18.1 Å². The molecule has 1 fully saturated rings. The Morgan fingerprint density at radius 1 is 1.33 bits per heavy atom. The van der Waals surface area contributed by atoms with Gasteiger partial charge < -0.3 is 15.4 Å². The van der Waals surface area contributed by atoms with Gasteiger partial charge in [-0.05, 0) is 45.2 Å². The zero-order valence-electron chi connectivity index (χ0n) is 13.4. The van der Waals surface area contributed by atoms with Crippen LogP contribution in [0.1, 0.15) is 44.2 Å². The van der Waals surface area contributed by atoms with E-state index >= 15 is 0 Å². The molecule has 4 heteroatoms. The van der Waals surface area contributed by atoms with Crippen LogP contribution in [0, 0.1) is 6.92 Å². The first-order chi connectivity index (χ1) is 9.78. The van der Waals surface area contributed by atoms with E-state index in [1.165, 1.54) is 11.1 Å². The van der Waals surface area contributed by atoms with Crippen LogP contribution < -0.4 is 5.73 Å². The van der Waals surface area contributed by atoms with E-state index in [0.717, 1.165) is 6.42 Å². The molecule has 1 aromatic rings. The van der Waals surface area contributed by atoms with Crippen LogP contribution in [-0.4, -0.2) is 35.7 Å². The smallest absolute Gasteiger partial charge is 0.410 e. The molecule has 4 nitrogen and oxygen atoms in total. The van der Waals surface area contributed by atoms with Crippen molar-refractivity contribution in [1.29, 1.82) is 0 Å². The fraction of sp³-hybridized carbons (Fsp3) is 0.588. The number of nitrogens with two attached hydrogens (primary N) is 1. The standard InChI is InChI=1S/C17H26N2O2/c1-12-7-5-6-8-13(12)14-11-19(10-9-15(14)18)16(20)21-17(2,3)4/h5-8,14-15H,9-11,18H2,1-4H3/t14-,15+/m1/s1. The predicted octanol–water partition coefficient (Wildman–Crippen LogP) is 3.05. The highest BCUT2D eigenvalue weighted by Crippen LogP contribution is 2.29. The van der Waals surface area contributed by atoms with Crippen LogP contribution in [0.15, 0.2) is 24.3 Å². The van der Waals surface area contributed by atoms with Gasteiger partial charge in [0.25, 0.3) is 0 Å². The Labute approximate surface area is 127 Å². The second-order valence-electron chi connectivity index (χ2n) is 6.84. The number of carbonyl (C=O) groups is 1. The zero-order chi connectivity index (χ0) is 15.6. The van der Waals surface area contributed by atoms with Crippen molar-refractivity contribution in [1.82, 2.24) is 4.90 Å². The fourth-order valence-electron chi connectivity index (χ4n) is 2.79. The molecule has 1 aliphatic rings. The summed E-state index contributed by atoms with van der Waals surface area (Å²) in [7, 11) is 0. The molecule has 1 heterocycles. The highest BCUT2D eigenvalue weighted by atomic mass is 16.6. The van der Waals surface area contributed by atoms with Crippen molar-refractivity contribution in [3.63, 3.8) is 0 Å². The summed E-state index contributed by atoms with van der Waals surface area (Å²) in [5.41, 5.74) is 8.29. The number of ether oxygens (including phenoxy) is 1. The van der Waals surface area contributed by atoms with Crippen LogP contribution in [-0.2, 0) is 4.74 Å². The van der Waals surface area contributed by atoms with Gasteiger partial charge in [-0.2, -0.15) is 0 Å². The van der Waals surface area contributed by atoms with Gasteiger partial charge in [-0.25, -0.2) is 4.79 Å². The van der Waals surface area contributed by atoms with Crippen LogP contribution in [0.3, 0.4) is 0 Å². The summed E-state index contributed by atoms with van der Waals surface area (Å²) in [4.78, 5) is 14.0. The second kappa shape index (κ2) is 6.06. The summed E-state index contributed by atoms with van der Waals surface area (Å²) >= 11 is 0. The van der Waals surface area contributed by atoms with Gasteiger partial charge in [-0.3, -0.25) is 0 Å². The third-order valence-corrected chi connectivity index (χ3v) is 3.91. The van der Waals surface area contributed by atoms with Gasteiger partial charge in [0.15, 0.2) is 0 Å².